The Kier molecular flexibility index (Phi) is 6.36. The number of thiophene rings is 1. The molecule has 1 unspecified atom stereocenters. The number of hydrogen-bond donors (Lipinski definition) is 2. The van der Waals surface area contributed by atoms with E-state index in [-0.39, 0.29) is 5.91 Å². The number of carbonyl (C=O) groups excluding carboxylic acids is 1. The first-order valence-electron chi connectivity index (χ1n) is 6.61. The lowest BCUT2D eigenvalue weighted by molar-refractivity contribution is -0.121. The second-order valence-electron chi connectivity index (χ2n) is 4.64. The number of nitrogens with one attached hydrogen (secondary N) is 2. The van der Waals surface area contributed by atoms with Gasteiger partial charge in [-0.3, -0.25) is 4.79 Å². The van der Waals surface area contributed by atoms with Gasteiger partial charge in [-0.1, -0.05) is 6.92 Å². The summed E-state index contributed by atoms with van der Waals surface area (Å²) in [6, 6.07) is 2.54. The van der Waals surface area contributed by atoms with E-state index < -0.39 is 0 Å². The summed E-state index contributed by atoms with van der Waals surface area (Å²) in [7, 11) is 0. The fourth-order valence-electron chi connectivity index (χ4n) is 1.95. The zero-order valence-corrected chi connectivity index (χ0v) is 12.6. The Morgan fingerprint density at radius 2 is 2.11 bits per heavy atom. The Balaban J connectivity index is 2.31. The Labute approximate surface area is 114 Å². The molecule has 18 heavy (non-hydrogen) atoms. The molecule has 4 heteroatoms. The summed E-state index contributed by atoms with van der Waals surface area (Å²) in [4.78, 5) is 14.2. The van der Waals surface area contributed by atoms with Crippen LogP contribution >= 0.6 is 11.3 Å². The minimum Gasteiger partial charge on any atom is -0.356 e. The van der Waals surface area contributed by atoms with Crippen LogP contribution in [0.1, 0.15) is 48.0 Å². The molecule has 102 valence electrons. The maximum atomic E-state index is 11.4. The van der Waals surface area contributed by atoms with Gasteiger partial charge in [-0.25, -0.2) is 0 Å². The number of hydrogen-bond acceptors (Lipinski definition) is 3. The molecule has 0 aliphatic carbocycles. The van der Waals surface area contributed by atoms with Gasteiger partial charge in [0.25, 0.3) is 0 Å². The van der Waals surface area contributed by atoms with E-state index in [9.17, 15) is 4.79 Å². The summed E-state index contributed by atoms with van der Waals surface area (Å²) >= 11 is 1.83. The van der Waals surface area contributed by atoms with Crippen LogP contribution in [-0.2, 0) is 4.79 Å². The molecule has 0 saturated heterocycles. The van der Waals surface area contributed by atoms with Gasteiger partial charge in [0.1, 0.15) is 0 Å². The van der Waals surface area contributed by atoms with E-state index in [0.29, 0.717) is 12.5 Å². The predicted octanol–water partition coefficient (Wildman–Crippen LogP) is 2.93. The molecule has 1 rings (SSSR count). The monoisotopic (exact) mass is 268 g/mol. The van der Waals surface area contributed by atoms with Crippen LogP contribution in [0.3, 0.4) is 0 Å². The number of rotatable bonds is 7. The maximum Gasteiger partial charge on any atom is 0.221 e. The Morgan fingerprint density at radius 3 is 2.67 bits per heavy atom. The molecule has 0 aromatic carbocycles. The predicted molar refractivity (Wildman–Crippen MR) is 78.1 cm³/mol. The van der Waals surface area contributed by atoms with E-state index >= 15 is 0 Å². The third-order valence-electron chi connectivity index (χ3n) is 2.92. The number of carbonyl (C=O) groups is 1. The van der Waals surface area contributed by atoms with Crippen molar-refractivity contribution in [1.82, 2.24) is 10.6 Å². The van der Waals surface area contributed by atoms with Crippen LogP contribution in [0, 0.1) is 13.8 Å². The Hall–Kier alpha value is -0.870. The molecular weight excluding hydrogens is 244 g/mol. The van der Waals surface area contributed by atoms with Gasteiger partial charge in [0.05, 0.1) is 0 Å². The summed E-state index contributed by atoms with van der Waals surface area (Å²) in [5, 5.41) is 6.29. The van der Waals surface area contributed by atoms with Crippen molar-refractivity contribution in [3.8, 4) is 0 Å². The number of aryl methyl sites for hydroxylation is 2. The average Bonchev–Trinajstić information content (AvgIpc) is 2.65. The topological polar surface area (TPSA) is 41.1 Å². The molecule has 0 saturated carbocycles. The highest BCUT2D eigenvalue weighted by molar-refractivity contribution is 7.12. The fourth-order valence-corrected chi connectivity index (χ4v) is 2.97. The van der Waals surface area contributed by atoms with E-state index in [1.807, 2.05) is 11.3 Å². The summed E-state index contributed by atoms with van der Waals surface area (Å²) < 4.78 is 0. The van der Waals surface area contributed by atoms with Crippen molar-refractivity contribution in [3.63, 3.8) is 0 Å². The Morgan fingerprint density at radius 1 is 1.39 bits per heavy atom. The minimum absolute atomic E-state index is 0.134. The molecule has 0 aliphatic rings. The van der Waals surface area contributed by atoms with Gasteiger partial charge in [-0.05, 0) is 38.8 Å². The van der Waals surface area contributed by atoms with Gasteiger partial charge in [0.15, 0.2) is 0 Å². The van der Waals surface area contributed by atoms with E-state index in [0.717, 1.165) is 19.5 Å². The first-order chi connectivity index (χ1) is 8.54. The normalized spacial score (nSPS) is 12.4. The summed E-state index contributed by atoms with van der Waals surface area (Å²) in [6.45, 7) is 9.99. The van der Waals surface area contributed by atoms with Gasteiger partial charge in [0.2, 0.25) is 5.91 Å². The van der Waals surface area contributed by atoms with Crippen molar-refractivity contribution in [2.24, 2.45) is 0 Å². The van der Waals surface area contributed by atoms with Crippen LogP contribution in [0.5, 0.6) is 0 Å². The third kappa shape index (κ3) is 4.78. The van der Waals surface area contributed by atoms with Crippen LogP contribution in [-0.4, -0.2) is 19.0 Å². The third-order valence-corrected chi connectivity index (χ3v) is 3.90. The quantitative estimate of drug-likeness (QED) is 0.798. The molecular formula is C14H24N2OS. The largest absolute Gasteiger partial charge is 0.356 e. The summed E-state index contributed by atoms with van der Waals surface area (Å²) in [5.41, 5.74) is 1.35. The van der Waals surface area contributed by atoms with Gasteiger partial charge < -0.3 is 10.6 Å². The number of amides is 1. The van der Waals surface area contributed by atoms with Crippen LogP contribution in [0.2, 0.25) is 0 Å². The highest BCUT2D eigenvalue weighted by Crippen LogP contribution is 2.25. The lowest BCUT2D eigenvalue weighted by atomic mass is 10.1. The lowest BCUT2D eigenvalue weighted by Crippen LogP contribution is -2.29. The molecule has 0 fully saturated rings. The molecule has 1 heterocycles. The Bertz CT molecular complexity index is 387. The molecule has 0 aliphatic heterocycles. The second kappa shape index (κ2) is 7.54. The molecule has 1 aromatic rings. The van der Waals surface area contributed by atoms with Crippen molar-refractivity contribution in [3.05, 3.63) is 21.4 Å². The van der Waals surface area contributed by atoms with E-state index in [1.54, 1.807) is 0 Å². The zero-order chi connectivity index (χ0) is 13.5. The highest BCUT2D eigenvalue weighted by Gasteiger charge is 2.10. The molecule has 1 atom stereocenters. The molecule has 0 radical (unpaired) electrons. The van der Waals surface area contributed by atoms with Gasteiger partial charge in [0, 0.05) is 35.3 Å². The van der Waals surface area contributed by atoms with Crippen molar-refractivity contribution in [2.45, 2.75) is 46.6 Å². The highest BCUT2D eigenvalue weighted by atomic mass is 32.1. The lowest BCUT2D eigenvalue weighted by Gasteiger charge is -2.13. The molecule has 3 nitrogen and oxygen atoms in total. The van der Waals surface area contributed by atoms with E-state index in [2.05, 4.69) is 44.4 Å². The molecule has 0 bridgehead atoms. The van der Waals surface area contributed by atoms with Crippen LogP contribution in [0.15, 0.2) is 6.07 Å². The van der Waals surface area contributed by atoms with Crippen LogP contribution in [0.25, 0.3) is 0 Å². The van der Waals surface area contributed by atoms with Crippen molar-refractivity contribution in [2.75, 3.05) is 13.1 Å². The first-order valence-corrected chi connectivity index (χ1v) is 7.43. The smallest absolute Gasteiger partial charge is 0.221 e. The first kappa shape index (κ1) is 15.2. The summed E-state index contributed by atoms with van der Waals surface area (Å²) in [6.07, 6.45) is 1.54. The van der Waals surface area contributed by atoms with Crippen molar-refractivity contribution in [1.29, 1.82) is 0 Å². The SMILES string of the molecule is CCCNC(=O)CCNC(C)c1cc(C)sc1C. The zero-order valence-electron chi connectivity index (χ0n) is 11.8. The van der Waals surface area contributed by atoms with E-state index in [1.165, 1.54) is 15.3 Å². The van der Waals surface area contributed by atoms with Crippen LogP contribution < -0.4 is 10.6 Å². The van der Waals surface area contributed by atoms with Crippen molar-refractivity contribution >= 4 is 17.2 Å². The van der Waals surface area contributed by atoms with Gasteiger partial charge in [-0.2, -0.15) is 0 Å². The summed E-state index contributed by atoms with van der Waals surface area (Å²) in [5.74, 6) is 0.134. The fraction of sp³-hybridized carbons (Fsp3) is 0.643. The minimum atomic E-state index is 0.134. The molecule has 1 aromatic heterocycles. The molecule has 1 amide bonds. The average molecular weight is 268 g/mol. The van der Waals surface area contributed by atoms with E-state index in [4.69, 9.17) is 0 Å². The maximum absolute atomic E-state index is 11.4. The molecule has 2 N–H and O–H groups in total. The standard InChI is InChI=1S/C14H24N2OS/c1-5-7-16-14(17)6-8-15-11(3)13-9-10(2)18-12(13)4/h9,11,15H,5-8H2,1-4H3,(H,16,17). The van der Waals surface area contributed by atoms with Gasteiger partial charge >= 0.3 is 0 Å². The molecule has 0 spiro atoms. The van der Waals surface area contributed by atoms with Gasteiger partial charge in [-0.15, -0.1) is 11.3 Å². The van der Waals surface area contributed by atoms with Crippen LogP contribution in [0.4, 0.5) is 0 Å². The van der Waals surface area contributed by atoms with Crippen molar-refractivity contribution < 1.29 is 4.79 Å². The second-order valence-corrected chi connectivity index (χ2v) is 6.10.